The first-order valence-corrected chi connectivity index (χ1v) is 6.61. The Morgan fingerprint density at radius 1 is 1.33 bits per heavy atom. The molecule has 0 aliphatic carbocycles. The second kappa shape index (κ2) is 5.51. The van der Waals surface area contributed by atoms with Gasteiger partial charge >= 0.3 is 5.97 Å². The van der Waals surface area contributed by atoms with Gasteiger partial charge in [0.2, 0.25) is 0 Å². The molecule has 0 bridgehead atoms. The maximum Gasteiger partial charge on any atom is 0.325 e. The molecule has 2 rings (SSSR count). The van der Waals surface area contributed by atoms with Crippen LogP contribution in [-0.2, 0) is 4.79 Å². The molecule has 0 radical (unpaired) electrons. The van der Waals surface area contributed by atoms with Gasteiger partial charge in [0.05, 0.1) is 16.6 Å². The molecule has 0 aliphatic rings. The minimum absolute atomic E-state index is 0.0548. The summed E-state index contributed by atoms with van der Waals surface area (Å²) in [6.45, 7) is 6.99. The van der Waals surface area contributed by atoms with Crippen molar-refractivity contribution in [3.05, 3.63) is 23.0 Å². The molecule has 112 valence electrons. The molecule has 2 aromatic heterocycles. The molecule has 1 atom stereocenters. The number of aromatic nitrogens is 2. The van der Waals surface area contributed by atoms with E-state index >= 15 is 0 Å². The largest absolute Gasteiger partial charge is 0.480 e. The lowest BCUT2D eigenvalue weighted by Crippen LogP contribution is -2.38. The molecule has 0 spiro atoms. The fraction of sp³-hybridized carbons (Fsp3) is 0.429. The number of carboxylic acids is 1. The first-order chi connectivity index (χ1) is 9.81. The van der Waals surface area contributed by atoms with Crippen LogP contribution in [0.3, 0.4) is 0 Å². The summed E-state index contributed by atoms with van der Waals surface area (Å²) in [5, 5.41) is 15.8. The fourth-order valence-electron chi connectivity index (χ4n) is 2.01. The number of hydrogen-bond acceptors (Lipinski definition) is 5. The van der Waals surface area contributed by atoms with Gasteiger partial charge < -0.3 is 14.9 Å². The lowest BCUT2D eigenvalue weighted by atomic mass is 10.0. The Balaban J connectivity index is 2.53. The molecule has 0 fully saturated rings. The summed E-state index contributed by atoms with van der Waals surface area (Å²) in [6.07, 6.45) is 0. The van der Waals surface area contributed by atoms with Gasteiger partial charge in [-0.2, -0.15) is 0 Å². The maximum absolute atomic E-state index is 12.3. The topological polar surface area (TPSA) is 105 Å². The molecule has 7 heteroatoms. The number of nitrogens with zero attached hydrogens (tertiary/aromatic N) is 2. The van der Waals surface area contributed by atoms with Crippen LogP contribution in [0, 0.1) is 6.92 Å². The van der Waals surface area contributed by atoms with Gasteiger partial charge in [0.25, 0.3) is 11.6 Å². The third kappa shape index (κ3) is 2.86. The minimum Gasteiger partial charge on any atom is -0.480 e. The van der Waals surface area contributed by atoms with E-state index in [1.807, 2.05) is 13.8 Å². The van der Waals surface area contributed by atoms with Gasteiger partial charge in [-0.3, -0.25) is 9.59 Å². The highest BCUT2D eigenvalue weighted by atomic mass is 16.5. The molecule has 0 aliphatic heterocycles. The van der Waals surface area contributed by atoms with Crippen molar-refractivity contribution in [1.82, 2.24) is 15.5 Å². The monoisotopic (exact) mass is 291 g/mol. The number of carbonyl (C=O) groups excluding carboxylic acids is 1. The summed E-state index contributed by atoms with van der Waals surface area (Å²) in [4.78, 5) is 27.4. The normalized spacial score (nSPS) is 12.6. The first-order valence-electron chi connectivity index (χ1n) is 6.61. The van der Waals surface area contributed by atoms with E-state index in [4.69, 9.17) is 9.63 Å². The molecular formula is C14H17N3O4. The third-order valence-corrected chi connectivity index (χ3v) is 3.11. The summed E-state index contributed by atoms with van der Waals surface area (Å²) in [7, 11) is 0. The Hall–Kier alpha value is -2.44. The maximum atomic E-state index is 12.3. The van der Waals surface area contributed by atoms with Gasteiger partial charge in [0.1, 0.15) is 6.04 Å². The van der Waals surface area contributed by atoms with Crippen molar-refractivity contribution in [1.29, 1.82) is 0 Å². The van der Waals surface area contributed by atoms with Crippen molar-refractivity contribution in [3.63, 3.8) is 0 Å². The molecular weight excluding hydrogens is 274 g/mol. The first kappa shape index (κ1) is 15.0. The van der Waals surface area contributed by atoms with E-state index in [-0.39, 0.29) is 11.6 Å². The highest BCUT2D eigenvalue weighted by molar-refractivity contribution is 6.07. The molecule has 2 aromatic rings. The number of nitrogens with one attached hydrogen (secondary N) is 1. The van der Waals surface area contributed by atoms with Crippen LogP contribution in [0.4, 0.5) is 0 Å². The van der Waals surface area contributed by atoms with Crippen LogP contribution >= 0.6 is 0 Å². The van der Waals surface area contributed by atoms with Gasteiger partial charge in [-0.1, -0.05) is 19.0 Å². The number of pyridine rings is 1. The summed E-state index contributed by atoms with van der Waals surface area (Å²) in [5.41, 5.74) is 1.84. The summed E-state index contributed by atoms with van der Waals surface area (Å²) >= 11 is 0. The average Bonchev–Trinajstić information content (AvgIpc) is 2.80. The fourth-order valence-corrected chi connectivity index (χ4v) is 2.01. The summed E-state index contributed by atoms with van der Waals surface area (Å²) in [5.74, 6) is -1.52. The van der Waals surface area contributed by atoms with Gasteiger partial charge in [0, 0.05) is 5.69 Å². The predicted octanol–water partition coefficient (Wildman–Crippen LogP) is 1.86. The van der Waals surface area contributed by atoms with Crippen molar-refractivity contribution in [2.75, 3.05) is 0 Å². The van der Waals surface area contributed by atoms with E-state index in [9.17, 15) is 9.59 Å². The summed E-state index contributed by atoms with van der Waals surface area (Å²) < 4.78 is 5.18. The lowest BCUT2D eigenvalue weighted by Gasteiger charge is -2.11. The quantitative estimate of drug-likeness (QED) is 0.890. The van der Waals surface area contributed by atoms with Crippen molar-refractivity contribution in [2.45, 2.75) is 39.7 Å². The molecule has 2 N–H and O–H groups in total. The van der Waals surface area contributed by atoms with Crippen LogP contribution in [0.1, 0.15) is 48.4 Å². The number of aryl methyl sites for hydroxylation is 1. The number of rotatable bonds is 4. The molecule has 2 heterocycles. The molecule has 0 unspecified atom stereocenters. The second-order valence-corrected chi connectivity index (χ2v) is 5.25. The van der Waals surface area contributed by atoms with E-state index in [1.54, 1.807) is 13.0 Å². The van der Waals surface area contributed by atoms with Crippen LogP contribution in [0.15, 0.2) is 10.6 Å². The van der Waals surface area contributed by atoms with Gasteiger partial charge in [0.15, 0.2) is 0 Å². The molecule has 0 saturated heterocycles. The van der Waals surface area contributed by atoms with Crippen LogP contribution in [0.25, 0.3) is 11.1 Å². The Morgan fingerprint density at radius 2 is 2.00 bits per heavy atom. The zero-order chi connectivity index (χ0) is 15.7. The standard InChI is InChI=1S/C14H17N3O4/c1-6(2)11-10-9(12(18)16-8(4)14(19)20)5-7(3)15-13(10)21-17-11/h5-6,8H,1-4H3,(H,16,18)(H,19,20)/t8-/m0/s1. The highest BCUT2D eigenvalue weighted by Gasteiger charge is 2.23. The predicted molar refractivity (Wildman–Crippen MR) is 75.2 cm³/mol. The van der Waals surface area contributed by atoms with Crippen LogP contribution < -0.4 is 5.32 Å². The number of amides is 1. The highest BCUT2D eigenvalue weighted by Crippen LogP contribution is 2.27. The zero-order valence-corrected chi connectivity index (χ0v) is 12.3. The molecule has 0 saturated carbocycles. The Kier molecular flexibility index (Phi) is 3.93. The van der Waals surface area contributed by atoms with E-state index in [2.05, 4.69) is 15.5 Å². The molecule has 7 nitrogen and oxygen atoms in total. The number of fused-ring (bicyclic) bond motifs is 1. The van der Waals surface area contributed by atoms with Gasteiger partial charge in [-0.05, 0) is 25.8 Å². The Bertz CT molecular complexity index is 706. The van der Waals surface area contributed by atoms with Crippen molar-refractivity contribution in [2.24, 2.45) is 0 Å². The molecule has 1 amide bonds. The van der Waals surface area contributed by atoms with E-state index in [0.717, 1.165) is 0 Å². The van der Waals surface area contributed by atoms with Crippen LogP contribution in [0.5, 0.6) is 0 Å². The number of carboxylic acid groups (broad SMARTS) is 1. The SMILES string of the molecule is Cc1cc(C(=O)N[C@@H](C)C(=O)O)c2c(C(C)C)noc2n1. The van der Waals surface area contributed by atoms with E-state index in [1.165, 1.54) is 6.92 Å². The van der Waals surface area contributed by atoms with E-state index in [0.29, 0.717) is 22.3 Å². The van der Waals surface area contributed by atoms with Gasteiger partial charge in [-0.25, -0.2) is 4.98 Å². The van der Waals surface area contributed by atoms with E-state index < -0.39 is 17.9 Å². The van der Waals surface area contributed by atoms with Crippen LogP contribution in [-0.4, -0.2) is 33.2 Å². The summed E-state index contributed by atoms with van der Waals surface area (Å²) in [6, 6.07) is 0.623. The number of hydrogen-bond donors (Lipinski definition) is 2. The third-order valence-electron chi connectivity index (χ3n) is 3.11. The lowest BCUT2D eigenvalue weighted by molar-refractivity contribution is -0.138. The number of aliphatic carboxylic acids is 1. The van der Waals surface area contributed by atoms with Gasteiger partial charge in [-0.15, -0.1) is 0 Å². The Labute approximate surface area is 121 Å². The smallest absolute Gasteiger partial charge is 0.325 e. The minimum atomic E-state index is -1.10. The van der Waals surface area contributed by atoms with Crippen molar-refractivity contribution in [3.8, 4) is 0 Å². The van der Waals surface area contributed by atoms with Crippen molar-refractivity contribution >= 4 is 23.0 Å². The second-order valence-electron chi connectivity index (χ2n) is 5.25. The molecule has 0 aromatic carbocycles. The molecule has 21 heavy (non-hydrogen) atoms. The zero-order valence-electron chi connectivity index (χ0n) is 12.3. The average molecular weight is 291 g/mol. The number of carbonyl (C=O) groups is 2. The Morgan fingerprint density at radius 3 is 2.57 bits per heavy atom. The van der Waals surface area contributed by atoms with Crippen LogP contribution in [0.2, 0.25) is 0 Å². The van der Waals surface area contributed by atoms with Crippen molar-refractivity contribution < 1.29 is 19.2 Å².